The van der Waals surface area contributed by atoms with Gasteiger partial charge in [0.25, 0.3) is 0 Å². The van der Waals surface area contributed by atoms with E-state index < -0.39 is 5.41 Å². The van der Waals surface area contributed by atoms with Crippen LogP contribution in [0.1, 0.15) is 43.9 Å². The summed E-state index contributed by atoms with van der Waals surface area (Å²) in [7, 11) is 0. The molecule has 0 heterocycles. The van der Waals surface area contributed by atoms with Gasteiger partial charge < -0.3 is 10.4 Å². The molecule has 0 aromatic heterocycles. The van der Waals surface area contributed by atoms with Crippen LogP contribution in [-0.2, 0) is 16.6 Å². The minimum atomic E-state index is -0.684. The van der Waals surface area contributed by atoms with Gasteiger partial charge in [-0.3, -0.25) is 4.79 Å². The highest BCUT2D eigenvalue weighted by molar-refractivity contribution is 5.93. The third-order valence-electron chi connectivity index (χ3n) is 5.43. The molecule has 2 N–H and O–H groups in total. The van der Waals surface area contributed by atoms with E-state index in [0.29, 0.717) is 0 Å². The molecule has 0 radical (unpaired) electrons. The molecule has 1 aliphatic carbocycles. The fourth-order valence-corrected chi connectivity index (χ4v) is 3.82. The molecule has 0 spiro atoms. The average molecular weight is 337 g/mol. The Balaban J connectivity index is 2.07. The maximum absolute atomic E-state index is 13.5. The summed E-state index contributed by atoms with van der Waals surface area (Å²) in [6.45, 7) is 6.03. The van der Waals surface area contributed by atoms with E-state index in [4.69, 9.17) is 0 Å². The quantitative estimate of drug-likeness (QED) is 0.898. The van der Waals surface area contributed by atoms with E-state index in [2.05, 4.69) is 17.4 Å². The van der Waals surface area contributed by atoms with Crippen LogP contribution in [0.5, 0.6) is 0 Å². The maximum Gasteiger partial charge on any atom is 0.235 e. The summed E-state index contributed by atoms with van der Waals surface area (Å²) in [5.74, 6) is -0.0161. The van der Waals surface area contributed by atoms with Gasteiger partial charge in [0.1, 0.15) is 0 Å². The van der Waals surface area contributed by atoms with Crippen LogP contribution in [0.3, 0.4) is 0 Å². The number of rotatable bonds is 4. The first-order valence-corrected chi connectivity index (χ1v) is 8.95. The molecule has 132 valence electrons. The van der Waals surface area contributed by atoms with Crippen LogP contribution in [0.15, 0.2) is 54.6 Å². The number of aryl methyl sites for hydroxylation is 1. The van der Waals surface area contributed by atoms with Crippen molar-refractivity contribution in [1.29, 1.82) is 0 Å². The maximum atomic E-state index is 13.5. The Morgan fingerprint density at radius 1 is 1.12 bits per heavy atom. The zero-order chi connectivity index (χ0) is 18.1. The molecule has 25 heavy (non-hydrogen) atoms. The molecule has 2 atom stereocenters. The van der Waals surface area contributed by atoms with Crippen molar-refractivity contribution in [3.63, 3.8) is 0 Å². The summed E-state index contributed by atoms with van der Waals surface area (Å²) in [6, 6.07) is 17.9. The van der Waals surface area contributed by atoms with Gasteiger partial charge in [0.05, 0.1) is 18.1 Å². The van der Waals surface area contributed by atoms with Gasteiger partial charge in [-0.05, 0) is 34.9 Å². The fourth-order valence-electron chi connectivity index (χ4n) is 3.82. The number of hydrogen-bond acceptors (Lipinski definition) is 2. The van der Waals surface area contributed by atoms with E-state index in [1.807, 2.05) is 63.2 Å². The number of aliphatic hydroxyl groups excluding tert-OH is 1. The highest BCUT2D eigenvalue weighted by atomic mass is 16.3. The van der Waals surface area contributed by atoms with Crippen molar-refractivity contribution >= 4 is 5.91 Å². The first-order chi connectivity index (χ1) is 11.9. The monoisotopic (exact) mass is 337 g/mol. The lowest BCUT2D eigenvalue weighted by atomic mass is 9.74. The molecule has 1 unspecified atom stereocenters. The molecule has 3 rings (SSSR count). The molecule has 1 amide bonds. The third kappa shape index (κ3) is 3.09. The third-order valence-corrected chi connectivity index (χ3v) is 5.43. The molecule has 3 nitrogen and oxygen atoms in total. The van der Waals surface area contributed by atoms with Crippen LogP contribution in [0.25, 0.3) is 0 Å². The van der Waals surface area contributed by atoms with Crippen molar-refractivity contribution < 1.29 is 9.90 Å². The van der Waals surface area contributed by atoms with Crippen LogP contribution in [-0.4, -0.2) is 23.7 Å². The van der Waals surface area contributed by atoms with Gasteiger partial charge in [0, 0.05) is 0 Å². The molecule has 0 fully saturated rings. The molecule has 1 aliphatic rings. The molecule has 0 bridgehead atoms. The van der Waals surface area contributed by atoms with Crippen LogP contribution < -0.4 is 5.32 Å². The number of amides is 1. The second-order valence-corrected chi connectivity index (χ2v) is 8.00. The SMILES string of the molecule is CC(C)(C)C(CO)NC(=O)[C@]1(c2ccccc2)CCc2ccccc21. The van der Waals surface area contributed by atoms with Crippen LogP contribution in [0.4, 0.5) is 0 Å². The predicted molar refractivity (Wildman–Crippen MR) is 100 cm³/mol. The van der Waals surface area contributed by atoms with Gasteiger partial charge in [-0.2, -0.15) is 0 Å². The van der Waals surface area contributed by atoms with Gasteiger partial charge in [-0.25, -0.2) is 0 Å². The fraction of sp³-hybridized carbons (Fsp3) is 0.409. The Morgan fingerprint density at radius 3 is 2.40 bits per heavy atom. The van der Waals surface area contributed by atoms with E-state index in [1.54, 1.807) is 0 Å². The highest BCUT2D eigenvalue weighted by Crippen LogP contribution is 2.44. The number of aliphatic hydroxyl groups is 1. The van der Waals surface area contributed by atoms with Crippen molar-refractivity contribution in [2.75, 3.05) is 6.61 Å². The van der Waals surface area contributed by atoms with E-state index in [9.17, 15) is 9.90 Å². The molecule has 2 aromatic rings. The molecular weight excluding hydrogens is 310 g/mol. The molecule has 2 aromatic carbocycles. The van der Waals surface area contributed by atoms with Crippen LogP contribution in [0.2, 0.25) is 0 Å². The molecule has 0 saturated carbocycles. The zero-order valence-electron chi connectivity index (χ0n) is 15.3. The number of hydrogen-bond donors (Lipinski definition) is 2. The van der Waals surface area contributed by atoms with Crippen molar-refractivity contribution in [2.45, 2.75) is 45.1 Å². The summed E-state index contributed by atoms with van der Waals surface area (Å²) in [5, 5.41) is 12.9. The largest absolute Gasteiger partial charge is 0.394 e. The van der Waals surface area contributed by atoms with E-state index in [-0.39, 0.29) is 24.0 Å². The molecule has 3 heteroatoms. The number of benzene rings is 2. The lowest BCUT2D eigenvalue weighted by Crippen LogP contribution is -2.53. The smallest absolute Gasteiger partial charge is 0.235 e. The first-order valence-electron chi connectivity index (χ1n) is 8.95. The topological polar surface area (TPSA) is 49.3 Å². The van der Waals surface area contributed by atoms with Crippen molar-refractivity contribution in [2.24, 2.45) is 5.41 Å². The Labute approximate surface area is 150 Å². The lowest BCUT2D eigenvalue weighted by molar-refractivity contribution is -0.127. The Morgan fingerprint density at radius 2 is 1.76 bits per heavy atom. The van der Waals surface area contributed by atoms with E-state index >= 15 is 0 Å². The van der Waals surface area contributed by atoms with Gasteiger partial charge in [-0.1, -0.05) is 75.4 Å². The summed E-state index contributed by atoms with van der Waals surface area (Å²) in [5.41, 5.74) is 2.45. The lowest BCUT2D eigenvalue weighted by Gasteiger charge is -2.36. The predicted octanol–water partition coefficient (Wildman–Crippen LogP) is 3.44. The summed E-state index contributed by atoms with van der Waals surface area (Å²) >= 11 is 0. The normalized spacial score (nSPS) is 20.8. The van der Waals surface area contributed by atoms with Crippen molar-refractivity contribution in [3.8, 4) is 0 Å². The minimum absolute atomic E-state index is 0.0161. The summed E-state index contributed by atoms with van der Waals surface area (Å²) in [4.78, 5) is 13.5. The van der Waals surface area contributed by atoms with Gasteiger partial charge in [-0.15, -0.1) is 0 Å². The van der Waals surface area contributed by atoms with E-state index in [1.165, 1.54) is 5.56 Å². The van der Waals surface area contributed by atoms with Crippen molar-refractivity contribution in [1.82, 2.24) is 5.32 Å². The summed E-state index contributed by atoms with van der Waals surface area (Å²) in [6.07, 6.45) is 1.64. The van der Waals surface area contributed by atoms with Gasteiger partial charge in [0.15, 0.2) is 0 Å². The summed E-state index contributed by atoms with van der Waals surface area (Å²) < 4.78 is 0. The number of carbonyl (C=O) groups is 1. The van der Waals surface area contributed by atoms with Crippen LogP contribution >= 0.6 is 0 Å². The molecular formula is C22H27NO2. The average Bonchev–Trinajstić information content (AvgIpc) is 3.00. The number of carbonyl (C=O) groups excluding carboxylic acids is 1. The van der Waals surface area contributed by atoms with Crippen molar-refractivity contribution in [3.05, 3.63) is 71.3 Å². The Hall–Kier alpha value is -2.13. The minimum Gasteiger partial charge on any atom is -0.394 e. The first kappa shape index (κ1) is 17.7. The molecule has 0 aliphatic heterocycles. The number of nitrogens with one attached hydrogen (secondary N) is 1. The van der Waals surface area contributed by atoms with Gasteiger partial charge in [0.2, 0.25) is 5.91 Å². The zero-order valence-corrected chi connectivity index (χ0v) is 15.3. The van der Waals surface area contributed by atoms with Gasteiger partial charge >= 0.3 is 0 Å². The second kappa shape index (κ2) is 6.64. The second-order valence-electron chi connectivity index (χ2n) is 8.00. The van der Waals surface area contributed by atoms with Crippen LogP contribution in [0, 0.1) is 5.41 Å². The Bertz CT molecular complexity index is 748. The van der Waals surface area contributed by atoms with E-state index in [0.717, 1.165) is 24.0 Å². The number of fused-ring (bicyclic) bond motifs is 1. The highest BCUT2D eigenvalue weighted by Gasteiger charge is 2.47. The Kier molecular flexibility index (Phi) is 4.70. The standard InChI is InChI=1S/C22H27NO2/c1-21(2,3)19(15-24)23-20(25)22(17-10-5-4-6-11-17)14-13-16-9-7-8-12-18(16)22/h4-12,19,24H,13-15H2,1-3H3,(H,23,25)/t19?,22-/m0/s1. The molecule has 0 saturated heterocycles.